The molecule has 1 aliphatic heterocycles. The number of hydrogen-bond donors (Lipinski definition) is 1. The molecule has 0 atom stereocenters. The highest BCUT2D eigenvalue weighted by atomic mass is 16.5. The second kappa shape index (κ2) is 10.0. The van der Waals surface area contributed by atoms with Crippen LogP contribution in [0.3, 0.4) is 0 Å². The van der Waals surface area contributed by atoms with Gasteiger partial charge in [-0.1, -0.05) is 13.3 Å². The fraction of sp³-hybridized carbons (Fsp3) is 0.750. The van der Waals surface area contributed by atoms with Gasteiger partial charge in [0.25, 0.3) is 0 Å². The fourth-order valence-corrected chi connectivity index (χ4v) is 3.67. The van der Waals surface area contributed by atoms with Crippen molar-refractivity contribution in [3.05, 3.63) is 6.33 Å². The molecule has 1 fully saturated rings. The Morgan fingerprint density at radius 1 is 1.07 bits per heavy atom. The number of nitrogens with zero attached hydrogens (tertiary/aromatic N) is 6. The number of nitrogen functional groups attached to an aromatic ring is 1. The number of rotatable bonds is 10. The summed E-state index contributed by atoms with van der Waals surface area (Å²) in [5, 5.41) is 0. The van der Waals surface area contributed by atoms with E-state index in [-0.39, 0.29) is 5.95 Å². The first-order valence-corrected chi connectivity index (χ1v) is 10.7. The lowest BCUT2D eigenvalue weighted by atomic mass is 10.2. The van der Waals surface area contributed by atoms with Crippen LogP contribution in [0.4, 0.5) is 5.95 Å². The Hall–Kier alpha value is -1.93. The van der Waals surface area contributed by atoms with Crippen LogP contribution in [0.15, 0.2) is 6.33 Å². The molecule has 2 aromatic rings. The summed E-state index contributed by atoms with van der Waals surface area (Å²) in [6.07, 6.45) is 6.16. The van der Waals surface area contributed by atoms with E-state index < -0.39 is 0 Å². The SMILES string of the molecule is CCCCOc1nc(N)nc2ncn(CCCCN3CCN(C(C)C)CC3)c12. The average Bonchev–Trinajstić information content (AvgIpc) is 3.08. The van der Waals surface area contributed by atoms with Gasteiger partial charge in [0.05, 0.1) is 12.9 Å². The largest absolute Gasteiger partial charge is 0.476 e. The highest BCUT2D eigenvalue weighted by Gasteiger charge is 2.18. The Balaban J connectivity index is 1.52. The van der Waals surface area contributed by atoms with Crippen LogP contribution in [0.25, 0.3) is 11.2 Å². The van der Waals surface area contributed by atoms with Crippen LogP contribution in [0.2, 0.25) is 0 Å². The maximum atomic E-state index is 5.87. The van der Waals surface area contributed by atoms with Crippen LogP contribution < -0.4 is 10.5 Å². The zero-order chi connectivity index (χ0) is 19.9. The summed E-state index contributed by atoms with van der Waals surface area (Å²) in [6, 6.07) is 0.654. The zero-order valence-electron chi connectivity index (χ0n) is 17.6. The lowest BCUT2D eigenvalue weighted by molar-refractivity contribution is 0.107. The smallest absolute Gasteiger partial charge is 0.245 e. The maximum absolute atomic E-state index is 5.87. The van der Waals surface area contributed by atoms with Gasteiger partial charge in [-0.15, -0.1) is 0 Å². The number of anilines is 1. The molecule has 0 saturated carbocycles. The minimum absolute atomic E-state index is 0.213. The maximum Gasteiger partial charge on any atom is 0.245 e. The van der Waals surface area contributed by atoms with Crippen LogP contribution in [-0.4, -0.2) is 74.7 Å². The van der Waals surface area contributed by atoms with E-state index in [1.165, 1.54) is 32.6 Å². The van der Waals surface area contributed by atoms with Gasteiger partial charge in [-0.05, 0) is 39.7 Å². The summed E-state index contributed by atoms with van der Waals surface area (Å²) >= 11 is 0. The van der Waals surface area contributed by atoms with Crippen molar-refractivity contribution in [3.8, 4) is 5.88 Å². The van der Waals surface area contributed by atoms with Crippen LogP contribution in [0, 0.1) is 0 Å². The molecule has 0 amide bonds. The number of ether oxygens (including phenoxy) is 1. The monoisotopic (exact) mass is 389 g/mol. The van der Waals surface area contributed by atoms with Crippen molar-refractivity contribution in [1.82, 2.24) is 29.3 Å². The minimum atomic E-state index is 0.213. The molecule has 0 bridgehead atoms. The lowest BCUT2D eigenvalue weighted by Gasteiger charge is -2.36. The first kappa shape index (κ1) is 20.8. The third-order valence-corrected chi connectivity index (χ3v) is 5.45. The molecule has 3 rings (SSSR count). The summed E-state index contributed by atoms with van der Waals surface area (Å²) in [5.74, 6) is 0.767. The van der Waals surface area contributed by atoms with Gasteiger partial charge in [-0.25, -0.2) is 4.98 Å². The number of imidazole rings is 1. The Bertz CT molecular complexity index is 737. The van der Waals surface area contributed by atoms with Gasteiger partial charge in [0, 0.05) is 38.8 Å². The van der Waals surface area contributed by atoms with Crippen molar-refractivity contribution in [3.63, 3.8) is 0 Å². The fourth-order valence-electron chi connectivity index (χ4n) is 3.67. The number of unbranched alkanes of at least 4 members (excludes halogenated alkanes) is 2. The topological polar surface area (TPSA) is 85.3 Å². The second-order valence-corrected chi connectivity index (χ2v) is 7.88. The molecular formula is C20H35N7O. The summed E-state index contributed by atoms with van der Waals surface area (Å²) < 4.78 is 7.97. The predicted molar refractivity (Wildman–Crippen MR) is 113 cm³/mol. The standard InChI is InChI=1S/C20H35N7O/c1-4-5-14-28-19-17-18(23-20(21)24-19)22-15-27(17)9-7-6-8-25-10-12-26(13-11-25)16(2)3/h15-16H,4-14H2,1-3H3,(H2,21,23,24). The van der Waals surface area contributed by atoms with Crippen molar-refractivity contribution in [1.29, 1.82) is 0 Å². The molecule has 0 radical (unpaired) electrons. The number of fused-ring (bicyclic) bond motifs is 1. The van der Waals surface area contributed by atoms with Gasteiger partial charge in [0.15, 0.2) is 11.2 Å². The molecule has 8 heteroatoms. The van der Waals surface area contributed by atoms with Gasteiger partial charge >= 0.3 is 0 Å². The first-order valence-electron chi connectivity index (χ1n) is 10.7. The van der Waals surface area contributed by atoms with E-state index in [2.05, 4.69) is 50.1 Å². The Morgan fingerprint density at radius 3 is 2.54 bits per heavy atom. The molecule has 8 nitrogen and oxygen atoms in total. The summed E-state index contributed by atoms with van der Waals surface area (Å²) in [7, 11) is 0. The lowest BCUT2D eigenvalue weighted by Crippen LogP contribution is -2.48. The molecule has 3 heterocycles. The van der Waals surface area contributed by atoms with Crippen molar-refractivity contribution in [2.75, 3.05) is 45.1 Å². The molecule has 2 N–H and O–H groups in total. The third-order valence-electron chi connectivity index (χ3n) is 5.45. The highest BCUT2D eigenvalue weighted by molar-refractivity contribution is 5.77. The Labute approximate surface area is 168 Å². The molecule has 0 spiro atoms. The van der Waals surface area contributed by atoms with Gasteiger partial charge in [0.2, 0.25) is 11.8 Å². The van der Waals surface area contributed by atoms with Crippen LogP contribution in [0.5, 0.6) is 5.88 Å². The molecule has 0 aromatic carbocycles. The van der Waals surface area contributed by atoms with Crippen molar-refractivity contribution >= 4 is 17.1 Å². The minimum Gasteiger partial charge on any atom is -0.476 e. The number of aryl methyl sites for hydroxylation is 1. The summed E-state index contributed by atoms with van der Waals surface area (Å²) in [6.45, 7) is 14.1. The number of nitrogens with two attached hydrogens (primary N) is 1. The normalized spacial score (nSPS) is 16.3. The van der Waals surface area contributed by atoms with E-state index >= 15 is 0 Å². The van der Waals surface area contributed by atoms with Gasteiger partial charge in [0.1, 0.15) is 0 Å². The van der Waals surface area contributed by atoms with Crippen molar-refractivity contribution in [2.45, 2.75) is 59.0 Å². The average molecular weight is 390 g/mol. The zero-order valence-corrected chi connectivity index (χ0v) is 17.6. The van der Waals surface area contributed by atoms with Gasteiger partial charge < -0.3 is 19.9 Å². The Kier molecular flexibility index (Phi) is 7.44. The van der Waals surface area contributed by atoms with Crippen LogP contribution in [0.1, 0.15) is 46.5 Å². The number of piperazine rings is 1. The van der Waals surface area contributed by atoms with Crippen LogP contribution in [-0.2, 0) is 6.54 Å². The molecule has 0 aliphatic carbocycles. The van der Waals surface area contributed by atoms with Crippen molar-refractivity contribution in [2.24, 2.45) is 0 Å². The van der Waals surface area contributed by atoms with E-state index in [4.69, 9.17) is 10.5 Å². The third kappa shape index (κ3) is 5.32. The molecule has 156 valence electrons. The summed E-state index contributed by atoms with van der Waals surface area (Å²) in [4.78, 5) is 18.1. The van der Waals surface area contributed by atoms with Crippen molar-refractivity contribution < 1.29 is 4.74 Å². The van der Waals surface area contributed by atoms with Gasteiger partial charge in [-0.3, -0.25) is 4.90 Å². The van der Waals surface area contributed by atoms with E-state index in [9.17, 15) is 0 Å². The molecular weight excluding hydrogens is 354 g/mol. The van der Waals surface area contributed by atoms with Gasteiger partial charge in [-0.2, -0.15) is 9.97 Å². The molecule has 0 unspecified atom stereocenters. The quantitative estimate of drug-likeness (QED) is 0.625. The Morgan fingerprint density at radius 2 is 1.82 bits per heavy atom. The summed E-state index contributed by atoms with van der Waals surface area (Å²) in [5.41, 5.74) is 7.28. The molecule has 2 aromatic heterocycles. The van der Waals surface area contributed by atoms with E-state index in [1.807, 2.05) is 6.33 Å². The predicted octanol–water partition coefficient (Wildman–Crippen LogP) is 2.39. The van der Waals surface area contributed by atoms with E-state index in [0.717, 1.165) is 37.9 Å². The molecule has 28 heavy (non-hydrogen) atoms. The molecule has 1 saturated heterocycles. The van der Waals surface area contributed by atoms with Crippen LogP contribution >= 0.6 is 0 Å². The molecule has 1 aliphatic rings. The first-order chi connectivity index (χ1) is 13.6. The van der Waals surface area contributed by atoms with E-state index in [0.29, 0.717) is 24.2 Å². The number of hydrogen-bond acceptors (Lipinski definition) is 7. The number of aromatic nitrogens is 4. The second-order valence-electron chi connectivity index (χ2n) is 7.88. The van der Waals surface area contributed by atoms with E-state index in [1.54, 1.807) is 0 Å². The highest BCUT2D eigenvalue weighted by Crippen LogP contribution is 2.23.